The minimum Gasteiger partial charge on any atom is -0.473 e. The topological polar surface area (TPSA) is 81.1 Å². The summed E-state index contributed by atoms with van der Waals surface area (Å²) in [4.78, 5) is 23.5. The molecule has 0 unspecified atom stereocenters. The summed E-state index contributed by atoms with van der Waals surface area (Å²) in [5.41, 5.74) is 0. The molecule has 0 aromatic rings. The van der Waals surface area contributed by atoms with E-state index in [0.717, 1.165) is 0 Å². The molecule has 0 radical (unpaired) electrons. The molecule has 0 heterocycles. The minimum absolute atomic E-state index is 1.32. The lowest BCUT2D eigenvalue weighted by molar-refractivity contribution is -0.159. The Balaban J connectivity index is -0.000000422. The molecule has 194 valence electrons. The predicted octanol–water partition coefficient (Wildman–Crippen LogP) is 6.53. The van der Waals surface area contributed by atoms with Gasteiger partial charge in [0.1, 0.15) is 0 Å². The van der Waals surface area contributed by atoms with Crippen LogP contribution in [0.2, 0.25) is 0 Å². The van der Waals surface area contributed by atoms with Gasteiger partial charge < -0.3 is 20.0 Å². The Labute approximate surface area is 199 Å². The lowest BCUT2D eigenvalue weighted by Crippen LogP contribution is -2.27. The second-order valence-electron chi connectivity index (χ2n) is 8.41. The molecule has 0 bridgehead atoms. The molecule has 0 saturated heterocycles. The van der Waals surface area contributed by atoms with E-state index in [1.807, 2.05) is 0 Å². The van der Waals surface area contributed by atoms with Crippen molar-refractivity contribution >= 4 is 11.9 Å². The number of carboxylic acid groups (broad SMARTS) is 2. The van der Waals surface area contributed by atoms with Gasteiger partial charge >= 0.3 is 11.9 Å². The monoisotopic (exact) mass is 460 g/mol. The number of hydrogen-bond donors (Lipinski definition) is 2. The Hall–Kier alpha value is -1.14. The van der Waals surface area contributed by atoms with Crippen molar-refractivity contribution < 1.29 is 19.8 Å². The van der Waals surface area contributed by atoms with Gasteiger partial charge in [-0.3, -0.25) is 0 Å². The van der Waals surface area contributed by atoms with Gasteiger partial charge in [-0.15, -0.1) is 0 Å². The van der Waals surface area contributed by atoms with Gasteiger partial charge in [-0.2, -0.15) is 0 Å². The second kappa shape index (κ2) is 29.9. The zero-order valence-corrected chi connectivity index (χ0v) is 22.3. The van der Waals surface area contributed by atoms with Crippen LogP contribution in [0.4, 0.5) is 0 Å². The molecule has 0 aliphatic heterocycles. The van der Waals surface area contributed by atoms with Crippen LogP contribution < -0.4 is 0 Å². The maximum Gasteiger partial charge on any atom is 0.414 e. The van der Waals surface area contributed by atoms with Crippen LogP contribution in [0.3, 0.4) is 0 Å². The third-order valence-corrected chi connectivity index (χ3v) is 5.15. The number of unbranched alkanes of at least 4 members (excludes halogenated alkanes) is 6. The van der Waals surface area contributed by atoms with Gasteiger partial charge in [-0.05, 0) is 77.8 Å². The fourth-order valence-corrected chi connectivity index (χ4v) is 2.96. The Bertz CT molecular complexity index is 318. The van der Waals surface area contributed by atoms with Crippen molar-refractivity contribution in [3.05, 3.63) is 0 Å². The molecular weight excluding hydrogens is 404 g/mol. The highest BCUT2D eigenvalue weighted by Crippen LogP contribution is 2.02. The summed E-state index contributed by atoms with van der Waals surface area (Å²) in [7, 11) is 0. The standard InChI is InChI=1S/2C12H27N.C2H2O4/c2*1-4-7-10-13(11-8-5-2)12-9-6-3;3-1(4)2(5)6/h2*4-12H2,1-3H3;(H,3,4)(H,5,6). The van der Waals surface area contributed by atoms with Gasteiger partial charge in [0.15, 0.2) is 0 Å². The number of hydrogen-bond acceptors (Lipinski definition) is 4. The summed E-state index contributed by atoms with van der Waals surface area (Å²) < 4.78 is 0. The first-order valence-electron chi connectivity index (χ1n) is 13.2. The molecule has 0 fully saturated rings. The molecule has 0 aromatic heterocycles. The second-order valence-corrected chi connectivity index (χ2v) is 8.41. The Morgan fingerprint density at radius 1 is 0.438 bits per heavy atom. The summed E-state index contributed by atoms with van der Waals surface area (Å²) in [5.74, 6) is -3.65. The van der Waals surface area contributed by atoms with Crippen molar-refractivity contribution in [3.63, 3.8) is 0 Å². The van der Waals surface area contributed by atoms with Gasteiger partial charge in [0, 0.05) is 0 Å². The molecule has 6 nitrogen and oxygen atoms in total. The van der Waals surface area contributed by atoms with E-state index in [9.17, 15) is 0 Å². The molecule has 0 rings (SSSR count). The van der Waals surface area contributed by atoms with Gasteiger partial charge in [-0.25, -0.2) is 9.59 Å². The van der Waals surface area contributed by atoms with Crippen LogP contribution in [-0.4, -0.2) is 71.2 Å². The summed E-state index contributed by atoms with van der Waals surface area (Å²) in [6, 6.07) is 0. The molecule has 0 aliphatic rings. The zero-order valence-electron chi connectivity index (χ0n) is 22.3. The van der Waals surface area contributed by atoms with E-state index in [1.165, 1.54) is 116 Å². The highest BCUT2D eigenvalue weighted by molar-refractivity contribution is 6.27. The van der Waals surface area contributed by atoms with Gasteiger partial charge in [-0.1, -0.05) is 80.1 Å². The molecular formula is C26H56N2O4. The summed E-state index contributed by atoms with van der Waals surface area (Å²) in [6.07, 6.45) is 16.2. The van der Waals surface area contributed by atoms with Crippen molar-refractivity contribution in [2.45, 2.75) is 119 Å². The summed E-state index contributed by atoms with van der Waals surface area (Å²) in [5, 5.41) is 14.8. The average molecular weight is 461 g/mol. The average Bonchev–Trinajstić information content (AvgIpc) is 2.78. The quantitative estimate of drug-likeness (QED) is 0.226. The molecule has 0 aliphatic carbocycles. The SMILES string of the molecule is CCCCN(CCCC)CCCC.CCCCN(CCCC)CCCC.O=C(O)C(=O)O. The van der Waals surface area contributed by atoms with Crippen LogP contribution in [0.25, 0.3) is 0 Å². The maximum atomic E-state index is 9.10. The van der Waals surface area contributed by atoms with Crippen LogP contribution in [0.1, 0.15) is 119 Å². The number of aliphatic carboxylic acids is 2. The summed E-state index contributed by atoms with van der Waals surface area (Å²) >= 11 is 0. The fourth-order valence-electron chi connectivity index (χ4n) is 2.96. The van der Waals surface area contributed by atoms with Crippen LogP contribution in [0, 0.1) is 0 Å². The molecule has 0 amide bonds. The van der Waals surface area contributed by atoms with Crippen LogP contribution >= 0.6 is 0 Å². The third-order valence-electron chi connectivity index (χ3n) is 5.15. The van der Waals surface area contributed by atoms with E-state index in [-0.39, 0.29) is 0 Å². The fraction of sp³-hybridized carbons (Fsp3) is 0.923. The van der Waals surface area contributed by atoms with Crippen LogP contribution in [0.15, 0.2) is 0 Å². The Morgan fingerprint density at radius 2 is 0.594 bits per heavy atom. The van der Waals surface area contributed by atoms with Crippen molar-refractivity contribution in [2.24, 2.45) is 0 Å². The van der Waals surface area contributed by atoms with E-state index in [4.69, 9.17) is 19.8 Å². The number of nitrogens with zero attached hydrogens (tertiary/aromatic N) is 2. The summed E-state index contributed by atoms with van der Waals surface area (Å²) in [6.45, 7) is 21.5. The Kier molecular flexibility index (Phi) is 33.1. The molecule has 0 aromatic carbocycles. The van der Waals surface area contributed by atoms with Crippen molar-refractivity contribution in [3.8, 4) is 0 Å². The molecule has 0 spiro atoms. The lowest BCUT2D eigenvalue weighted by Gasteiger charge is -2.21. The van der Waals surface area contributed by atoms with Crippen molar-refractivity contribution in [1.29, 1.82) is 0 Å². The maximum absolute atomic E-state index is 9.10. The van der Waals surface area contributed by atoms with E-state index >= 15 is 0 Å². The minimum atomic E-state index is -1.82. The van der Waals surface area contributed by atoms with E-state index in [1.54, 1.807) is 0 Å². The zero-order chi connectivity index (χ0) is 25.0. The first-order chi connectivity index (χ1) is 15.3. The van der Waals surface area contributed by atoms with Gasteiger partial charge in [0.25, 0.3) is 0 Å². The first-order valence-corrected chi connectivity index (χ1v) is 13.2. The normalized spacial score (nSPS) is 10.4. The molecule has 0 saturated carbocycles. The third kappa shape index (κ3) is 31.0. The largest absolute Gasteiger partial charge is 0.473 e. The van der Waals surface area contributed by atoms with Crippen molar-refractivity contribution in [2.75, 3.05) is 39.3 Å². The lowest BCUT2D eigenvalue weighted by atomic mass is 10.2. The smallest absolute Gasteiger partial charge is 0.414 e. The Morgan fingerprint density at radius 3 is 0.688 bits per heavy atom. The van der Waals surface area contributed by atoms with Gasteiger partial charge in [0.05, 0.1) is 0 Å². The van der Waals surface area contributed by atoms with Gasteiger partial charge in [0.2, 0.25) is 0 Å². The molecule has 32 heavy (non-hydrogen) atoms. The predicted molar refractivity (Wildman–Crippen MR) is 138 cm³/mol. The molecule has 6 heteroatoms. The number of carbonyl (C=O) groups is 2. The highest BCUT2D eigenvalue weighted by Gasteiger charge is 2.04. The van der Waals surface area contributed by atoms with E-state index in [0.29, 0.717) is 0 Å². The first kappa shape index (κ1) is 35.4. The van der Waals surface area contributed by atoms with E-state index in [2.05, 4.69) is 51.3 Å². The van der Waals surface area contributed by atoms with E-state index < -0.39 is 11.9 Å². The number of carboxylic acids is 2. The molecule has 2 N–H and O–H groups in total. The number of rotatable bonds is 18. The van der Waals surface area contributed by atoms with Crippen LogP contribution in [-0.2, 0) is 9.59 Å². The highest BCUT2D eigenvalue weighted by atomic mass is 16.4. The van der Waals surface area contributed by atoms with Crippen molar-refractivity contribution in [1.82, 2.24) is 9.80 Å². The molecule has 0 atom stereocenters. The van der Waals surface area contributed by atoms with Crippen LogP contribution in [0.5, 0.6) is 0 Å².